The highest BCUT2D eigenvalue weighted by Gasteiger charge is 2.15. The van der Waals surface area contributed by atoms with E-state index in [-0.39, 0.29) is 0 Å². The van der Waals surface area contributed by atoms with Crippen LogP contribution in [0.5, 0.6) is 0 Å². The quantitative estimate of drug-likeness (QED) is 0.808. The average molecular weight is 218 g/mol. The topological polar surface area (TPSA) is 72.4 Å². The van der Waals surface area contributed by atoms with Crippen LogP contribution in [-0.4, -0.2) is 22.3 Å². The van der Waals surface area contributed by atoms with Gasteiger partial charge in [0.05, 0.1) is 5.69 Å². The Morgan fingerprint density at radius 3 is 2.94 bits per heavy atom. The summed E-state index contributed by atoms with van der Waals surface area (Å²) in [6.45, 7) is 2.05. The Morgan fingerprint density at radius 1 is 1.62 bits per heavy atom. The molecule has 84 valence electrons. The number of anilines is 1. The maximum atomic E-state index is 11.4. The highest BCUT2D eigenvalue weighted by Crippen LogP contribution is 2.22. The minimum atomic E-state index is -0.469. The van der Waals surface area contributed by atoms with E-state index >= 15 is 0 Å². The van der Waals surface area contributed by atoms with Crippen LogP contribution in [0, 0.1) is 0 Å². The molecule has 0 atom stereocenters. The van der Waals surface area contributed by atoms with Gasteiger partial charge in [0.15, 0.2) is 5.65 Å². The van der Waals surface area contributed by atoms with Crippen molar-refractivity contribution in [2.75, 3.05) is 12.4 Å². The lowest BCUT2D eigenvalue weighted by Crippen LogP contribution is -2.16. The molecule has 0 bridgehead atoms. The van der Waals surface area contributed by atoms with Gasteiger partial charge >= 0.3 is 0 Å². The first-order chi connectivity index (χ1) is 7.69. The van der Waals surface area contributed by atoms with E-state index in [0.29, 0.717) is 11.2 Å². The monoisotopic (exact) mass is 218 g/mol. The van der Waals surface area contributed by atoms with Gasteiger partial charge in [-0.15, -0.1) is 0 Å². The third kappa shape index (κ3) is 1.41. The minimum Gasteiger partial charge on any atom is -0.387 e. The molecule has 0 unspecified atom stereocenters. The zero-order chi connectivity index (χ0) is 11.7. The van der Waals surface area contributed by atoms with Gasteiger partial charge in [-0.25, -0.2) is 4.98 Å². The number of primary amides is 1. The zero-order valence-electron chi connectivity index (χ0n) is 9.32. The number of hydrogen-bond donors (Lipinski definition) is 2. The number of pyridine rings is 1. The van der Waals surface area contributed by atoms with Crippen LogP contribution < -0.4 is 11.1 Å². The Bertz CT molecular complexity index is 544. The second-order valence-corrected chi connectivity index (χ2v) is 3.51. The number of nitrogens with zero attached hydrogens (tertiary/aromatic N) is 2. The Balaban J connectivity index is 2.85. The van der Waals surface area contributed by atoms with Crippen molar-refractivity contribution in [3.8, 4) is 0 Å². The molecule has 0 aliphatic rings. The van der Waals surface area contributed by atoms with Gasteiger partial charge in [0.2, 0.25) is 0 Å². The first-order valence-corrected chi connectivity index (χ1v) is 5.15. The fraction of sp³-hybridized carbons (Fsp3) is 0.273. The Morgan fingerprint density at radius 2 is 2.38 bits per heavy atom. The Kier molecular flexibility index (Phi) is 2.52. The maximum absolute atomic E-state index is 11.4. The fourth-order valence-electron chi connectivity index (χ4n) is 1.86. The van der Waals surface area contributed by atoms with Crippen molar-refractivity contribution < 1.29 is 4.79 Å². The molecule has 2 heterocycles. The summed E-state index contributed by atoms with van der Waals surface area (Å²) >= 11 is 0. The molecule has 0 radical (unpaired) electrons. The summed E-state index contributed by atoms with van der Waals surface area (Å²) in [6.07, 6.45) is 4.36. The van der Waals surface area contributed by atoms with Crippen molar-refractivity contribution in [1.82, 2.24) is 9.38 Å². The van der Waals surface area contributed by atoms with E-state index in [0.717, 1.165) is 17.8 Å². The van der Waals surface area contributed by atoms with Gasteiger partial charge in [0, 0.05) is 25.1 Å². The summed E-state index contributed by atoms with van der Waals surface area (Å²) in [5.74, 6) is -0.469. The van der Waals surface area contributed by atoms with Crippen LogP contribution in [0.3, 0.4) is 0 Å². The third-order valence-electron chi connectivity index (χ3n) is 2.63. The van der Waals surface area contributed by atoms with Gasteiger partial charge in [-0.2, -0.15) is 0 Å². The Hall–Kier alpha value is -2.04. The third-order valence-corrected chi connectivity index (χ3v) is 2.63. The second kappa shape index (κ2) is 3.84. The molecule has 1 amide bonds. The smallest absolute Gasteiger partial charge is 0.254 e. The zero-order valence-corrected chi connectivity index (χ0v) is 9.32. The summed E-state index contributed by atoms with van der Waals surface area (Å²) in [7, 11) is 1.76. The number of fused-ring (bicyclic) bond motifs is 1. The number of nitrogens with one attached hydrogen (secondary N) is 1. The van der Waals surface area contributed by atoms with Crippen LogP contribution in [0.25, 0.3) is 5.65 Å². The molecule has 0 saturated carbocycles. The van der Waals surface area contributed by atoms with E-state index in [9.17, 15) is 4.79 Å². The predicted molar refractivity (Wildman–Crippen MR) is 62.6 cm³/mol. The van der Waals surface area contributed by atoms with E-state index in [1.807, 2.05) is 16.7 Å². The highest BCUT2D eigenvalue weighted by molar-refractivity contribution is 6.04. The fourth-order valence-corrected chi connectivity index (χ4v) is 1.86. The van der Waals surface area contributed by atoms with Crippen LogP contribution in [-0.2, 0) is 6.42 Å². The Labute approximate surface area is 93.3 Å². The van der Waals surface area contributed by atoms with Gasteiger partial charge < -0.3 is 15.5 Å². The van der Waals surface area contributed by atoms with Gasteiger partial charge in [-0.1, -0.05) is 6.92 Å². The molecule has 2 aromatic heterocycles. The molecule has 16 heavy (non-hydrogen) atoms. The van der Waals surface area contributed by atoms with Gasteiger partial charge in [-0.05, 0) is 12.5 Å². The average Bonchev–Trinajstić information content (AvgIpc) is 2.74. The van der Waals surface area contributed by atoms with Crippen molar-refractivity contribution in [3.05, 3.63) is 29.7 Å². The standard InChI is InChI=1S/C11H14N4O/c1-3-7-6-8(13-2)9(10(12)16)11-14-4-5-15(7)11/h4-6,13H,3H2,1-2H3,(H2,12,16). The van der Waals surface area contributed by atoms with E-state index in [1.54, 1.807) is 13.2 Å². The van der Waals surface area contributed by atoms with E-state index in [2.05, 4.69) is 17.2 Å². The summed E-state index contributed by atoms with van der Waals surface area (Å²) < 4.78 is 1.89. The molecular formula is C11H14N4O. The predicted octanol–water partition coefficient (Wildman–Crippen LogP) is 1.04. The largest absolute Gasteiger partial charge is 0.387 e. The summed E-state index contributed by atoms with van der Waals surface area (Å²) in [5, 5.41) is 2.98. The molecule has 5 heteroatoms. The van der Waals surface area contributed by atoms with Gasteiger partial charge in [-0.3, -0.25) is 4.79 Å². The number of amides is 1. The number of carbonyl (C=O) groups excluding carboxylic acids is 1. The van der Waals surface area contributed by atoms with E-state index < -0.39 is 5.91 Å². The molecule has 0 aromatic carbocycles. The minimum absolute atomic E-state index is 0.435. The number of carbonyl (C=O) groups is 1. The normalized spacial score (nSPS) is 10.6. The van der Waals surface area contributed by atoms with Crippen molar-refractivity contribution in [2.45, 2.75) is 13.3 Å². The van der Waals surface area contributed by atoms with Crippen LogP contribution >= 0.6 is 0 Å². The second-order valence-electron chi connectivity index (χ2n) is 3.51. The van der Waals surface area contributed by atoms with Crippen molar-refractivity contribution in [3.63, 3.8) is 0 Å². The van der Waals surface area contributed by atoms with Crippen molar-refractivity contribution in [2.24, 2.45) is 5.73 Å². The van der Waals surface area contributed by atoms with Gasteiger partial charge in [0.1, 0.15) is 5.56 Å². The molecule has 0 aliphatic heterocycles. The first-order valence-electron chi connectivity index (χ1n) is 5.15. The molecule has 0 spiro atoms. The van der Waals surface area contributed by atoms with Crippen molar-refractivity contribution >= 4 is 17.2 Å². The van der Waals surface area contributed by atoms with Crippen LogP contribution in [0.15, 0.2) is 18.5 Å². The summed E-state index contributed by atoms with van der Waals surface area (Å²) in [5.41, 5.74) is 8.23. The summed E-state index contributed by atoms with van der Waals surface area (Å²) in [6, 6.07) is 1.93. The van der Waals surface area contributed by atoms with Crippen LogP contribution in [0.4, 0.5) is 5.69 Å². The lowest BCUT2D eigenvalue weighted by Gasteiger charge is -2.11. The number of hydrogen-bond acceptors (Lipinski definition) is 3. The molecular weight excluding hydrogens is 204 g/mol. The molecule has 2 aromatic rings. The first kappa shape index (κ1) is 10.5. The van der Waals surface area contributed by atoms with E-state index in [1.165, 1.54) is 0 Å². The molecule has 5 nitrogen and oxygen atoms in total. The van der Waals surface area contributed by atoms with Gasteiger partial charge in [0.25, 0.3) is 5.91 Å². The number of aromatic nitrogens is 2. The van der Waals surface area contributed by atoms with Crippen molar-refractivity contribution in [1.29, 1.82) is 0 Å². The lowest BCUT2D eigenvalue weighted by molar-refractivity contribution is 0.100. The maximum Gasteiger partial charge on any atom is 0.254 e. The molecule has 2 rings (SSSR count). The number of aryl methyl sites for hydroxylation is 1. The number of rotatable bonds is 3. The molecule has 0 saturated heterocycles. The van der Waals surface area contributed by atoms with E-state index in [4.69, 9.17) is 5.73 Å². The lowest BCUT2D eigenvalue weighted by atomic mass is 10.1. The summed E-state index contributed by atoms with van der Waals surface area (Å²) in [4.78, 5) is 15.6. The highest BCUT2D eigenvalue weighted by atomic mass is 16.1. The SMILES string of the molecule is CCc1cc(NC)c(C(N)=O)c2nccn12. The van der Waals surface area contributed by atoms with Crippen LogP contribution in [0.1, 0.15) is 23.0 Å². The molecule has 0 aliphatic carbocycles. The van der Waals surface area contributed by atoms with Crippen LogP contribution in [0.2, 0.25) is 0 Å². The number of nitrogens with two attached hydrogens (primary N) is 1. The molecule has 0 fully saturated rings. The number of imidazole rings is 1. The molecule has 3 N–H and O–H groups in total.